The quantitative estimate of drug-likeness (QED) is 0.811. The van der Waals surface area contributed by atoms with E-state index in [0.29, 0.717) is 19.7 Å². The molecular formula is C18H22N4O3. The van der Waals surface area contributed by atoms with E-state index in [2.05, 4.69) is 9.88 Å². The molecule has 0 radical (unpaired) electrons. The second-order valence-electron chi connectivity index (χ2n) is 5.80. The van der Waals surface area contributed by atoms with Gasteiger partial charge in [-0.15, -0.1) is 0 Å². The van der Waals surface area contributed by atoms with Gasteiger partial charge < -0.3 is 14.5 Å². The number of carbonyl (C=O) groups excluding carboxylic acids is 1. The minimum atomic E-state index is -0.403. The first-order chi connectivity index (χ1) is 12.2. The Bertz CT molecular complexity index is 782. The molecule has 1 aromatic heterocycles. The van der Waals surface area contributed by atoms with Gasteiger partial charge in [0.15, 0.2) is 0 Å². The molecule has 7 nitrogen and oxygen atoms in total. The lowest BCUT2D eigenvalue weighted by atomic mass is 10.2. The molecule has 1 amide bonds. The lowest BCUT2D eigenvalue weighted by Crippen LogP contribution is -2.50. The molecule has 25 heavy (non-hydrogen) atoms. The van der Waals surface area contributed by atoms with Crippen molar-refractivity contribution < 1.29 is 9.53 Å². The molecule has 1 aliphatic rings. The van der Waals surface area contributed by atoms with Gasteiger partial charge in [0.2, 0.25) is 5.91 Å². The molecule has 1 saturated heterocycles. The zero-order chi connectivity index (χ0) is 17.6. The Morgan fingerprint density at radius 1 is 1.16 bits per heavy atom. The van der Waals surface area contributed by atoms with Crippen LogP contribution in [0.15, 0.2) is 47.5 Å². The lowest BCUT2D eigenvalue weighted by Gasteiger charge is -2.36. The third kappa shape index (κ3) is 3.99. The molecular weight excluding hydrogens is 320 g/mol. The van der Waals surface area contributed by atoms with Gasteiger partial charge in [-0.25, -0.2) is 9.78 Å². The number of amides is 1. The fourth-order valence-corrected chi connectivity index (χ4v) is 2.95. The molecule has 132 valence electrons. The average Bonchev–Trinajstić information content (AvgIpc) is 2.64. The van der Waals surface area contributed by atoms with Crippen molar-refractivity contribution in [2.45, 2.75) is 13.5 Å². The van der Waals surface area contributed by atoms with Crippen LogP contribution < -0.4 is 15.3 Å². The Balaban J connectivity index is 1.61. The monoisotopic (exact) mass is 342 g/mol. The van der Waals surface area contributed by atoms with E-state index in [1.54, 1.807) is 17.2 Å². The standard InChI is InChI=1S/C18H22N4O3/c1-2-25-16-7-4-3-6-15(16)20-10-12-21(13-11-20)17(23)14-22-9-5-8-19-18(22)24/h3-9H,2,10-14H2,1H3. The predicted octanol–water partition coefficient (Wildman–Crippen LogP) is 0.991. The summed E-state index contributed by atoms with van der Waals surface area (Å²) in [5, 5.41) is 0. The molecule has 0 N–H and O–H groups in total. The fraction of sp³-hybridized carbons (Fsp3) is 0.389. The van der Waals surface area contributed by atoms with Gasteiger partial charge in [-0.1, -0.05) is 12.1 Å². The van der Waals surface area contributed by atoms with Gasteiger partial charge in [-0.05, 0) is 25.1 Å². The van der Waals surface area contributed by atoms with Gasteiger partial charge >= 0.3 is 5.69 Å². The number of hydrogen-bond donors (Lipinski definition) is 0. The van der Waals surface area contributed by atoms with Crippen LogP contribution in [0.4, 0.5) is 5.69 Å². The summed E-state index contributed by atoms with van der Waals surface area (Å²) in [6.07, 6.45) is 3.01. The van der Waals surface area contributed by atoms with E-state index in [1.807, 2.05) is 31.2 Å². The number of piperazine rings is 1. The van der Waals surface area contributed by atoms with Crippen molar-refractivity contribution in [3.63, 3.8) is 0 Å². The summed E-state index contributed by atoms with van der Waals surface area (Å²) >= 11 is 0. The maximum Gasteiger partial charge on any atom is 0.347 e. The van der Waals surface area contributed by atoms with E-state index in [1.165, 1.54) is 10.8 Å². The van der Waals surface area contributed by atoms with E-state index in [9.17, 15) is 9.59 Å². The molecule has 7 heteroatoms. The number of hydrogen-bond acceptors (Lipinski definition) is 5. The molecule has 1 aliphatic heterocycles. The molecule has 0 unspecified atom stereocenters. The predicted molar refractivity (Wildman–Crippen MR) is 94.9 cm³/mol. The highest BCUT2D eigenvalue weighted by Crippen LogP contribution is 2.28. The Morgan fingerprint density at radius 2 is 1.92 bits per heavy atom. The number of ether oxygens (including phenoxy) is 1. The van der Waals surface area contributed by atoms with E-state index >= 15 is 0 Å². The Kier molecular flexibility index (Phi) is 5.33. The highest BCUT2D eigenvalue weighted by Gasteiger charge is 2.23. The smallest absolute Gasteiger partial charge is 0.347 e. The zero-order valence-electron chi connectivity index (χ0n) is 14.3. The van der Waals surface area contributed by atoms with Crippen molar-refractivity contribution in [1.82, 2.24) is 14.5 Å². The molecule has 2 aromatic rings. The van der Waals surface area contributed by atoms with Crippen LogP contribution in [0.1, 0.15) is 6.92 Å². The third-order valence-electron chi connectivity index (χ3n) is 4.23. The molecule has 0 aliphatic carbocycles. The largest absolute Gasteiger partial charge is 0.492 e. The summed E-state index contributed by atoms with van der Waals surface area (Å²) in [5.74, 6) is 0.805. The topological polar surface area (TPSA) is 67.7 Å². The van der Waals surface area contributed by atoms with Gasteiger partial charge in [-0.2, -0.15) is 0 Å². The van der Waals surface area contributed by atoms with E-state index in [-0.39, 0.29) is 12.5 Å². The van der Waals surface area contributed by atoms with Crippen LogP contribution in [-0.4, -0.2) is 53.1 Å². The first-order valence-electron chi connectivity index (χ1n) is 8.45. The molecule has 3 rings (SSSR count). The lowest BCUT2D eigenvalue weighted by molar-refractivity contribution is -0.132. The van der Waals surface area contributed by atoms with Crippen LogP contribution >= 0.6 is 0 Å². The van der Waals surface area contributed by atoms with Crippen molar-refractivity contribution in [2.75, 3.05) is 37.7 Å². The van der Waals surface area contributed by atoms with Crippen LogP contribution in [0.3, 0.4) is 0 Å². The molecule has 1 aromatic carbocycles. The normalized spacial score (nSPS) is 14.4. The van der Waals surface area contributed by atoms with Crippen molar-refractivity contribution in [3.8, 4) is 5.75 Å². The van der Waals surface area contributed by atoms with Crippen LogP contribution in [-0.2, 0) is 11.3 Å². The summed E-state index contributed by atoms with van der Waals surface area (Å²) in [6.45, 7) is 5.32. The molecule has 0 spiro atoms. The number of aromatic nitrogens is 2. The number of benzene rings is 1. The van der Waals surface area contributed by atoms with Crippen molar-refractivity contribution in [2.24, 2.45) is 0 Å². The van der Waals surface area contributed by atoms with Crippen molar-refractivity contribution in [3.05, 3.63) is 53.2 Å². The Morgan fingerprint density at radius 3 is 2.64 bits per heavy atom. The number of carbonyl (C=O) groups is 1. The molecule has 2 heterocycles. The van der Waals surface area contributed by atoms with E-state index in [4.69, 9.17) is 4.74 Å². The summed E-state index contributed by atoms with van der Waals surface area (Å²) < 4.78 is 7.02. The number of para-hydroxylation sites is 2. The molecule has 1 fully saturated rings. The minimum Gasteiger partial charge on any atom is -0.492 e. The summed E-state index contributed by atoms with van der Waals surface area (Å²) in [6, 6.07) is 9.60. The maximum absolute atomic E-state index is 12.4. The van der Waals surface area contributed by atoms with Gasteiger partial charge in [0, 0.05) is 38.6 Å². The van der Waals surface area contributed by atoms with Crippen LogP contribution in [0.2, 0.25) is 0 Å². The molecule has 0 bridgehead atoms. The third-order valence-corrected chi connectivity index (χ3v) is 4.23. The minimum absolute atomic E-state index is 0.0300. The van der Waals surface area contributed by atoms with Crippen molar-refractivity contribution in [1.29, 1.82) is 0 Å². The number of nitrogens with zero attached hydrogens (tertiary/aromatic N) is 4. The number of anilines is 1. The SMILES string of the molecule is CCOc1ccccc1N1CCN(C(=O)Cn2cccnc2=O)CC1. The summed E-state index contributed by atoms with van der Waals surface area (Å²) in [5.41, 5.74) is 0.653. The molecule has 0 atom stereocenters. The van der Waals surface area contributed by atoms with Gasteiger partial charge in [0.25, 0.3) is 0 Å². The van der Waals surface area contributed by atoms with Gasteiger partial charge in [0.1, 0.15) is 12.3 Å². The highest BCUT2D eigenvalue weighted by molar-refractivity contribution is 5.76. The molecule has 0 saturated carbocycles. The second kappa shape index (κ2) is 7.83. The second-order valence-corrected chi connectivity index (χ2v) is 5.80. The van der Waals surface area contributed by atoms with Crippen LogP contribution in [0, 0.1) is 0 Å². The summed E-state index contributed by atoms with van der Waals surface area (Å²) in [7, 11) is 0. The maximum atomic E-state index is 12.4. The first kappa shape index (κ1) is 17.0. The average molecular weight is 342 g/mol. The summed E-state index contributed by atoms with van der Waals surface area (Å²) in [4.78, 5) is 31.7. The Hall–Kier alpha value is -2.83. The Labute approximate surface area is 146 Å². The fourth-order valence-electron chi connectivity index (χ4n) is 2.95. The highest BCUT2D eigenvalue weighted by atomic mass is 16.5. The zero-order valence-corrected chi connectivity index (χ0v) is 14.3. The van der Waals surface area contributed by atoms with Crippen LogP contribution in [0.25, 0.3) is 0 Å². The van der Waals surface area contributed by atoms with Gasteiger partial charge in [0.05, 0.1) is 12.3 Å². The number of rotatable bonds is 5. The van der Waals surface area contributed by atoms with Crippen LogP contribution in [0.5, 0.6) is 5.75 Å². The van der Waals surface area contributed by atoms with E-state index < -0.39 is 5.69 Å². The first-order valence-corrected chi connectivity index (χ1v) is 8.45. The van der Waals surface area contributed by atoms with Crippen molar-refractivity contribution >= 4 is 11.6 Å². The van der Waals surface area contributed by atoms with Gasteiger partial charge in [-0.3, -0.25) is 9.36 Å². The van der Waals surface area contributed by atoms with E-state index in [0.717, 1.165) is 24.5 Å².